The van der Waals surface area contributed by atoms with Gasteiger partial charge < -0.3 is 9.74 Å². The molecule has 3 heterocycles. The quantitative estimate of drug-likeness (QED) is 0.250. The third-order valence-electron chi connectivity index (χ3n) is 8.28. The molecule has 0 N–H and O–H groups in total. The van der Waals surface area contributed by atoms with E-state index in [9.17, 15) is 4.79 Å². The van der Waals surface area contributed by atoms with Crippen LogP contribution in [0.1, 0.15) is 61.1 Å². The van der Waals surface area contributed by atoms with Crippen molar-refractivity contribution < 1.29 is 9.63 Å². The molecule has 1 aromatic heterocycles. The van der Waals surface area contributed by atoms with Gasteiger partial charge in [-0.2, -0.15) is 0 Å². The first kappa shape index (κ1) is 26.8. The van der Waals surface area contributed by atoms with Crippen LogP contribution in [0.5, 0.6) is 0 Å². The monoisotopic (exact) mass is 576 g/mol. The molecule has 2 saturated heterocycles. The van der Waals surface area contributed by atoms with Gasteiger partial charge in [0.15, 0.2) is 0 Å². The molecule has 0 saturated carbocycles. The highest BCUT2D eigenvalue weighted by Crippen LogP contribution is 2.34. The van der Waals surface area contributed by atoms with E-state index in [0.29, 0.717) is 12.5 Å². The number of hydrogen-bond donors (Lipinski definition) is 0. The number of carbonyl (C=O) groups excluding carboxylic acids is 1. The lowest BCUT2D eigenvalue weighted by molar-refractivity contribution is 0.0162. The molecule has 5 rings (SSSR count). The van der Waals surface area contributed by atoms with Gasteiger partial charge in [-0.3, -0.25) is 14.7 Å². The fourth-order valence-electron chi connectivity index (χ4n) is 5.97. The molecule has 2 aliphatic rings. The standard InChI is InChI=1S/C31H37BrN4O2/c1-4-38-34-29(23-9-11-25(32)12-10-23)24-13-17-36(18-14-24)31(3)15-19-35(20-16-31)30(37)27-21-22(2)33-28-8-6-5-7-26(27)28/h5-12,21,24H,4,13-20H2,1-3H3/b34-29-. The minimum absolute atomic E-state index is 0.104. The molecule has 200 valence electrons. The number of aryl methyl sites for hydroxylation is 1. The van der Waals surface area contributed by atoms with E-state index in [2.05, 4.69) is 62.2 Å². The highest BCUT2D eigenvalue weighted by atomic mass is 79.9. The van der Waals surface area contributed by atoms with Crippen LogP contribution in [0.4, 0.5) is 0 Å². The lowest BCUT2D eigenvalue weighted by Gasteiger charge is -2.49. The van der Waals surface area contributed by atoms with Crippen LogP contribution in [0.2, 0.25) is 0 Å². The van der Waals surface area contributed by atoms with Crippen LogP contribution in [0, 0.1) is 12.8 Å². The summed E-state index contributed by atoms with van der Waals surface area (Å²) in [5.41, 5.74) is 4.84. The molecule has 2 fully saturated rings. The summed E-state index contributed by atoms with van der Waals surface area (Å²) < 4.78 is 1.07. The fourth-order valence-corrected chi connectivity index (χ4v) is 6.24. The second-order valence-electron chi connectivity index (χ2n) is 10.8. The molecule has 2 aliphatic heterocycles. The minimum Gasteiger partial charge on any atom is -0.396 e. The summed E-state index contributed by atoms with van der Waals surface area (Å²) in [4.78, 5) is 28.4. The Morgan fingerprint density at radius 3 is 2.45 bits per heavy atom. The van der Waals surface area contributed by atoms with Gasteiger partial charge >= 0.3 is 0 Å². The van der Waals surface area contributed by atoms with Crippen LogP contribution in [-0.4, -0.2) is 64.7 Å². The second-order valence-corrected chi connectivity index (χ2v) is 11.7. The fraction of sp³-hybridized carbons (Fsp3) is 0.452. The number of benzene rings is 2. The third kappa shape index (κ3) is 5.64. The number of halogens is 1. The number of nitrogens with zero attached hydrogens (tertiary/aromatic N) is 4. The van der Waals surface area contributed by atoms with Crippen LogP contribution in [0.15, 0.2) is 64.2 Å². The van der Waals surface area contributed by atoms with Gasteiger partial charge in [-0.25, -0.2) is 0 Å². The molecule has 38 heavy (non-hydrogen) atoms. The summed E-state index contributed by atoms with van der Waals surface area (Å²) in [5.74, 6) is 0.506. The lowest BCUT2D eigenvalue weighted by atomic mass is 9.82. The van der Waals surface area contributed by atoms with Crippen molar-refractivity contribution in [3.63, 3.8) is 0 Å². The van der Waals surface area contributed by atoms with Crippen LogP contribution in [0.25, 0.3) is 10.9 Å². The Morgan fingerprint density at radius 1 is 1.08 bits per heavy atom. The molecule has 0 unspecified atom stereocenters. The Bertz CT molecular complexity index is 1310. The maximum Gasteiger partial charge on any atom is 0.254 e. The Balaban J connectivity index is 1.23. The van der Waals surface area contributed by atoms with E-state index in [-0.39, 0.29) is 11.4 Å². The zero-order valence-corrected chi connectivity index (χ0v) is 24.2. The summed E-state index contributed by atoms with van der Waals surface area (Å²) >= 11 is 3.54. The zero-order chi connectivity index (χ0) is 26.7. The Morgan fingerprint density at radius 2 is 1.76 bits per heavy atom. The van der Waals surface area contributed by atoms with Gasteiger partial charge in [-0.15, -0.1) is 0 Å². The number of piperidine rings is 2. The predicted octanol–water partition coefficient (Wildman–Crippen LogP) is 6.45. The minimum atomic E-state index is 0.104. The summed E-state index contributed by atoms with van der Waals surface area (Å²) in [5, 5.41) is 5.48. The smallest absolute Gasteiger partial charge is 0.254 e. The number of aromatic nitrogens is 1. The molecule has 7 heteroatoms. The van der Waals surface area contributed by atoms with Gasteiger partial charge in [0.1, 0.15) is 6.61 Å². The molecule has 0 spiro atoms. The number of pyridine rings is 1. The van der Waals surface area contributed by atoms with E-state index in [1.165, 1.54) is 0 Å². The number of rotatable bonds is 6. The number of carbonyl (C=O) groups is 1. The van der Waals surface area contributed by atoms with Crippen LogP contribution < -0.4 is 0 Å². The molecule has 1 amide bonds. The van der Waals surface area contributed by atoms with Crippen LogP contribution in [-0.2, 0) is 4.84 Å². The van der Waals surface area contributed by atoms with Gasteiger partial charge in [0.2, 0.25) is 0 Å². The maximum atomic E-state index is 13.6. The van der Waals surface area contributed by atoms with E-state index in [1.54, 1.807) is 0 Å². The summed E-state index contributed by atoms with van der Waals surface area (Å²) in [6, 6.07) is 18.3. The topological polar surface area (TPSA) is 58.0 Å². The first-order valence-electron chi connectivity index (χ1n) is 13.7. The zero-order valence-electron chi connectivity index (χ0n) is 22.6. The predicted molar refractivity (Wildman–Crippen MR) is 157 cm³/mol. The molecule has 0 radical (unpaired) electrons. The number of para-hydroxylation sites is 1. The van der Waals surface area contributed by atoms with Crippen LogP contribution >= 0.6 is 15.9 Å². The van der Waals surface area contributed by atoms with E-state index in [1.807, 2.05) is 49.1 Å². The van der Waals surface area contributed by atoms with Gasteiger partial charge in [-0.05, 0) is 89.4 Å². The summed E-state index contributed by atoms with van der Waals surface area (Å²) in [6.45, 7) is 10.5. The maximum absolute atomic E-state index is 13.6. The third-order valence-corrected chi connectivity index (χ3v) is 8.81. The lowest BCUT2D eigenvalue weighted by Crippen LogP contribution is -2.56. The first-order chi connectivity index (χ1) is 18.4. The molecule has 6 nitrogen and oxygen atoms in total. The number of fused-ring (bicyclic) bond motifs is 1. The van der Waals surface area contributed by atoms with Crippen molar-refractivity contribution in [2.24, 2.45) is 11.1 Å². The molecule has 2 aromatic carbocycles. The summed E-state index contributed by atoms with van der Waals surface area (Å²) in [6.07, 6.45) is 4.08. The number of likely N-dealkylation sites (tertiary alicyclic amines) is 2. The molecule has 0 atom stereocenters. The van der Waals surface area contributed by atoms with Crippen molar-refractivity contribution >= 4 is 38.5 Å². The van der Waals surface area contributed by atoms with Crippen molar-refractivity contribution in [2.45, 2.75) is 52.0 Å². The van der Waals surface area contributed by atoms with E-state index in [0.717, 1.165) is 89.8 Å². The largest absolute Gasteiger partial charge is 0.396 e. The number of oxime groups is 1. The summed E-state index contributed by atoms with van der Waals surface area (Å²) in [7, 11) is 0. The number of hydrogen-bond acceptors (Lipinski definition) is 5. The van der Waals surface area contributed by atoms with Crippen molar-refractivity contribution in [3.05, 3.63) is 75.9 Å². The van der Waals surface area contributed by atoms with Crippen molar-refractivity contribution in [1.82, 2.24) is 14.8 Å². The molecule has 0 aliphatic carbocycles. The Kier molecular flexibility index (Phi) is 8.15. The van der Waals surface area contributed by atoms with Gasteiger partial charge in [0.25, 0.3) is 5.91 Å². The highest BCUT2D eigenvalue weighted by Gasteiger charge is 2.39. The first-order valence-corrected chi connectivity index (χ1v) is 14.5. The normalized spacial score (nSPS) is 19.1. The van der Waals surface area contributed by atoms with Gasteiger partial charge in [0.05, 0.1) is 16.8 Å². The SMILES string of the molecule is CCO/N=C(/c1ccc(Br)cc1)C1CCN(C2(C)CCN(C(=O)c3cc(C)nc4ccccc34)CC2)CC1. The Hall–Kier alpha value is -2.77. The van der Waals surface area contributed by atoms with Crippen LogP contribution in [0.3, 0.4) is 0 Å². The van der Waals surface area contributed by atoms with Gasteiger partial charge in [0, 0.05) is 40.1 Å². The van der Waals surface area contributed by atoms with E-state index < -0.39 is 0 Å². The van der Waals surface area contributed by atoms with Gasteiger partial charge in [-0.1, -0.05) is 51.4 Å². The number of amides is 1. The van der Waals surface area contributed by atoms with Crippen molar-refractivity contribution in [2.75, 3.05) is 32.8 Å². The average molecular weight is 578 g/mol. The molecule has 3 aromatic rings. The molecule has 0 bridgehead atoms. The molecular weight excluding hydrogens is 540 g/mol. The molecular formula is C31H37BrN4O2. The second kappa shape index (κ2) is 11.5. The average Bonchev–Trinajstić information content (AvgIpc) is 2.94. The highest BCUT2D eigenvalue weighted by molar-refractivity contribution is 9.10. The van der Waals surface area contributed by atoms with Crippen molar-refractivity contribution in [1.29, 1.82) is 0 Å². The van der Waals surface area contributed by atoms with E-state index in [4.69, 9.17) is 4.84 Å². The van der Waals surface area contributed by atoms with E-state index >= 15 is 0 Å². The van der Waals surface area contributed by atoms with Crippen molar-refractivity contribution in [3.8, 4) is 0 Å². The Labute approximate surface area is 234 Å².